The zero-order valence-electron chi connectivity index (χ0n) is 15.9. The van der Waals surface area contributed by atoms with Gasteiger partial charge in [-0.1, -0.05) is 34.6 Å². The lowest BCUT2D eigenvalue weighted by Gasteiger charge is -2.27. The van der Waals surface area contributed by atoms with Gasteiger partial charge in [0.25, 0.3) is 0 Å². The highest BCUT2D eigenvalue weighted by Crippen LogP contribution is 2.29. The van der Waals surface area contributed by atoms with Gasteiger partial charge >= 0.3 is 12.1 Å². The zero-order chi connectivity index (χ0) is 21.6. The number of alkyl halides is 3. The second kappa shape index (κ2) is 9.39. The van der Waals surface area contributed by atoms with Crippen molar-refractivity contribution in [2.24, 2.45) is 5.16 Å². The molecule has 0 atom stereocenters. The Balaban J connectivity index is 1.52. The molecule has 1 fully saturated rings. The van der Waals surface area contributed by atoms with Gasteiger partial charge in [0.15, 0.2) is 0 Å². The fraction of sp³-hybridized carbons (Fsp3) is 0.421. The smallest absolute Gasteiger partial charge is 0.395 e. The van der Waals surface area contributed by atoms with Crippen LogP contribution in [0.25, 0.3) is 11.4 Å². The molecule has 30 heavy (non-hydrogen) atoms. The fourth-order valence-corrected chi connectivity index (χ4v) is 2.85. The van der Waals surface area contributed by atoms with E-state index in [1.807, 2.05) is 6.07 Å². The maximum atomic E-state index is 12.6. The largest absolute Gasteiger partial charge is 0.471 e. The van der Waals surface area contributed by atoms with Crippen LogP contribution in [-0.2, 0) is 22.2 Å². The number of benzene rings is 1. The normalized spacial score (nSPS) is 14.3. The summed E-state index contributed by atoms with van der Waals surface area (Å²) in [4.78, 5) is 22.6. The van der Waals surface area contributed by atoms with Gasteiger partial charge in [0.1, 0.15) is 6.61 Å². The Morgan fingerprint density at radius 2 is 1.97 bits per heavy atom. The van der Waals surface area contributed by atoms with Crippen LogP contribution >= 0.6 is 0 Å². The number of hydrogen-bond acceptors (Lipinski definition) is 7. The number of hydrogen-bond donors (Lipinski definition) is 0. The summed E-state index contributed by atoms with van der Waals surface area (Å²) in [5.74, 6) is -1.62. The van der Waals surface area contributed by atoms with Crippen LogP contribution in [0.15, 0.2) is 33.9 Å². The minimum Gasteiger partial charge on any atom is -0.395 e. The van der Waals surface area contributed by atoms with Crippen LogP contribution in [0.2, 0.25) is 0 Å². The Kier molecular flexibility index (Phi) is 6.66. The Hall–Kier alpha value is -3.42. The number of oxime groups is 1. The fourth-order valence-electron chi connectivity index (χ4n) is 2.85. The summed E-state index contributed by atoms with van der Waals surface area (Å²) >= 11 is 0. The number of amides is 1. The molecule has 1 aromatic carbocycles. The van der Waals surface area contributed by atoms with E-state index in [0.29, 0.717) is 31.5 Å². The number of likely N-dealkylation sites (tertiary alicyclic amines) is 1. The van der Waals surface area contributed by atoms with Crippen molar-refractivity contribution in [2.45, 2.75) is 31.9 Å². The second-order valence-electron chi connectivity index (χ2n) is 6.57. The van der Waals surface area contributed by atoms with E-state index >= 15 is 0 Å². The summed E-state index contributed by atoms with van der Waals surface area (Å²) in [6, 6.07) is 8.36. The molecular formula is C19H18F3N5O3. The molecule has 0 spiro atoms. The van der Waals surface area contributed by atoms with E-state index in [4.69, 9.17) is 10.1 Å². The van der Waals surface area contributed by atoms with E-state index in [0.717, 1.165) is 11.3 Å². The molecule has 0 saturated carbocycles. The molecule has 1 aromatic heterocycles. The van der Waals surface area contributed by atoms with Gasteiger partial charge in [0, 0.05) is 31.5 Å². The summed E-state index contributed by atoms with van der Waals surface area (Å²) in [6.45, 7) is 1.31. The highest BCUT2D eigenvalue weighted by atomic mass is 19.4. The summed E-state index contributed by atoms with van der Waals surface area (Å²) in [5.41, 5.74) is 1.95. The molecule has 3 rings (SSSR count). The Labute approximate surface area is 169 Å². The Bertz CT molecular complexity index is 938. The van der Waals surface area contributed by atoms with Gasteiger partial charge < -0.3 is 14.3 Å². The molecule has 1 aliphatic rings. The molecule has 2 heterocycles. The molecule has 8 nitrogen and oxygen atoms in total. The van der Waals surface area contributed by atoms with Crippen LogP contribution in [0.3, 0.4) is 0 Å². The number of nitriles is 1. The molecule has 1 amide bonds. The Morgan fingerprint density at radius 3 is 2.57 bits per heavy atom. The summed E-state index contributed by atoms with van der Waals surface area (Å²) in [7, 11) is 0. The first kappa shape index (κ1) is 21.3. The molecule has 0 unspecified atom stereocenters. The lowest BCUT2D eigenvalue weighted by atomic mass is 10.1. The topological polar surface area (TPSA) is 105 Å². The molecule has 11 heteroatoms. The number of carbonyl (C=O) groups is 1. The van der Waals surface area contributed by atoms with Crippen LogP contribution in [-0.4, -0.2) is 46.4 Å². The number of rotatable bonds is 6. The molecule has 0 bridgehead atoms. The number of carbonyl (C=O) groups excluding carboxylic acids is 1. The van der Waals surface area contributed by atoms with Gasteiger partial charge in [-0.05, 0) is 5.56 Å². The van der Waals surface area contributed by atoms with Crippen molar-refractivity contribution in [3.63, 3.8) is 0 Å². The average Bonchev–Trinajstić information content (AvgIpc) is 3.23. The van der Waals surface area contributed by atoms with Gasteiger partial charge in [-0.3, -0.25) is 4.79 Å². The van der Waals surface area contributed by atoms with Crippen molar-refractivity contribution in [1.29, 1.82) is 5.26 Å². The third-order valence-electron chi connectivity index (χ3n) is 4.43. The van der Waals surface area contributed by atoms with Gasteiger partial charge in [-0.25, -0.2) is 0 Å². The quantitative estimate of drug-likeness (QED) is 0.524. The average molecular weight is 421 g/mol. The molecule has 1 saturated heterocycles. The number of piperidine rings is 1. The molecule has 2 aromatic rings. The zero-order valence-corrected chi connectivity index (χ0v) is 15.9. The highest BCUT2D eigenvalue weighted by molar-refractivity contribution is 5.87. The van der Waals surface area contributed by atoms with Gasteiger partial charge in [-0.15, -0.1) is 0 Å². The first-order valence-electron chi connectivity index (χ1n) is 9.19. The molecule has 0 aliphatic carbocycles. The third kappa shape index (κ3) is 5.56. The predicted molar refractivity (Wildman–Crippen MR) is 97.9 cm³/mol. The van der Waals surface area contributed by atoms with Crippen molar-refractivity contribution in [3.8, 4) is 17.5 Å². The SMILES string of the molecule is N#CCCON=C1CCN(C(=O)Cc2ccc(-c3noc(C(F)(F)F)n3)cc2)CC1. The molecular weight excluding hydrogens is 403 g/mol. The summed E-state index contributed by atoms with van der Waals surface area (Å²) < 4.78 is 41.9. The van der Waals surface area contributed by atoms with Gasteiger partial charge in [0.2, 0.25) is 11.7 Å². The minimum absolute atomic E-state index is 0.0499. The van der Waals surface area contributed by atoms with Crippen molar-refractivity contribution in [2.75, 3.05) is 19.7 Å². The van der Waals surface area contributed by atoms with Crippen molar-refractivity contribution in [3.05, 3.63) is 35.7 Å². The van der Waals surface area contributed by atoms with Gasteiger partial charge in [-0.2, -0.15) is 23.4 Å². The highest BCUT2D eigenvalue weighted by Gasteiger charge is 2.38. The lowest BCUT2D eigenvalue weighted by Crippen LogP contribution is -2.39. The number of halogens is 3. The van der Waals surface area contributed by atoms with E-state index in [-0.39, 0.29) is 31.2 Å². The molecule has 0 N–H and O–H groups in total. The van der Waals surface area contributed by atoms with Crippen LogP contribution in [0, 0.1) is 11.3 Å². The van der Waals surface area contributed by atoms with Crippen molar-refractivity contribution >= 4 is 11.6 Å². The van der Waals surface area contributed by atoms with Crippen LogP contribution in [0.4, 0.5) is 13.2 Å². The number of nitrogens with zero attached hydrogens (tertiary/aromatic N) is 5. The van der Waals surface area contributed by atoms with E-state index in [1.165, 1.54) is 0 Å². The van der Waals surface area contributed by atoms with E-state index in [9.17, 15) is 18.0 Å². The monoisotopic (exact) mass is 421 g/mol. The predicted octanol–water partition coefficient (Wildman–Crippen LogP) is 3.21. The van der Waals surface area contributed by atoms with Crippen LogP contribution in [0.5, 0.6) is 0 Å². The second-order valence-corrected chi connectivity index (χ2v) is 6.57. The van der Waals surface area contributed by atoms with Crippen LogP contribution < -0.4 is 0 Å². The standard InChI is InChI=1S/C19H18F3N5O3/c20-19(21,22)18-24-17(26-30-18)14-4-2-13(3-5-14)12-16(28)27-9-6-15(7-10-27)25-29-11-1-8-23/h2-5H,1,6-7,9-12H2. The lowest BCUT2D eigenvalue weighted by molar-refractivity contribution is -0.159. The Morgan fingerprint density at radius 1 is 1.27 bits per heavy atom. The summed E-state index contributed by atoms with van der Waals surface area (Å²) in [5, 5.41) is 15.8. The first-order valence-corrected chi connectivity index (χ1v) is 9.19. The maximum Gasteiger partial charge on any atom is 0.471 e. The van der Waals surface area contributed by atoms with E-state index in [2.05, 4.69) is 19.8 Å². The van der Waals surface area contributed by atoms with E-state index in [1.54, 1.807) is 29.2 Å². The van der Waals surface area contributed by atoms with E-state index < -0.39 is 12.1 Å². The molecule has 1 aliphatic heterocycles. The summed E-state index contributed by atoms with van der Waals surface area (Å²) in [6.07, 6.45) is -3.03. The molecule has 0 radical (unpaired) electrons. The van der Waals surface area contributed by atoms with Gasteiger partial charge in [0.05, 0.1) is 24.6 Å². The minimum atomic E-state index is -4.70. The third-order valence-corrected chi connectivity index (χ3v) is 4.43. The van der Waals surface area contributed by atoms with Crippen molar-refractivity contribution < 1.29 is 27.3 Å². The molecule has 158 valence electrons. The van der Waals surface area contributed by atoms with Crippen LogP contribution in [0.1, 0.15) is 30.7 Å². The first-order chi connectivity index (χ1) is 14.4. The van der Waals surface area contributed by atoms with Crippen molar-refractivity contribution in [1.82, 2.24) is 15.0 Å². The maximum absolute atomic E-state index is 12.6. The number of aromatic nitrogens is 2.